The van der Waals surface area contributed by atoms with Crippen molar-refractivity contribution in [2.75, 3.05) is 17.0 Å². The molecular formula is C10H16BrN3O2S. The van der Waals surface area contributed by atoms with Gasteiger partial charge in [0.25, 0.3) is 0 Å². The van der Waals surface area contributed by atoms with Gasteiger partial charge in [-0.05, 0) is 53.9 Å². The lowest BCUT2D eigenvalue weighted by atomic mass is 10.3. The molecule has 1 aromatic rings. The van der Waals surface area contributed by atoms with Gasteiger partial charge in [0, 0.05) is 10.7 Å². The molecule has 0 saturated heterocycles. The van der Waals surface area contributed by atoms with E-state index in [2.05, 4.69) is 25.6 Å². The number of sulfonamides is 1. The van der Waals surface area contributed by atoms with Crippen LogP contribution in [-0.4, -0.2) is 25.7 Å². The molecule has 0 aliphatic carbocycles. The molecular weight excluding hydrogens is 306 g/mol. The summed E-state index contributed by atoms with van der Waals surface area (Å²) < 4.78 is 26.6. The van der Waals surface area contributed by atoms with Crippen molar-refractivity contribution in [1.29, 1.82) is 0 Å². The normalized spacial score (nSPS) is 11.5. The van der Waals surface area contributed by atoms with Crippen molar-refractivity contribution < 1.29 is 8.42 Å². The maximum absolute atomic E-state index is 11.7. The van der Waals surface area contributed by atoms with Crippen molar-refractivity contribution in [3.63, 3.8) is 0 Å². The molecule has 0 atom stereocenters. The van der Waals surface area contributed by atoms with Gasteiger partial charge in [-0.1, -0.05) is 0 Å². The van der Waals surface area contributed by atoms with Gasteiger partial charge in [-0.2, -0.15) is 0 Å². The van der Waals surface area contributed by atoms with Gasteiger partial charge < -0.3 is 5.73 Å². The van der Waals surface area contributed by atoms with Crippen LogP contribution in [0, 0.1) is 6.92 Å². The molecule has 0 amide bonds. The Hall–Kier alpha value is -0.660. The Morgan fingerprint density at radius 3 is 2.76 bits per heavy atom. The minimum atomic E-state index is -3.32. The van der Waals surface area contributed by atoms with Crippen molar-refractivity contribution in [1.82, 2.24) is 4.98 Å². The molecule has 0 aliphatic rings. The zero-order chi connectivity index (χ0) is 12.9. The average molecular weight is 322 g/mol. The highest BCUT2D eigenvalue weighted by Gasteiger charge is 2.11. The zero-order valence-corrected chi connectivity index (χ0v) is 12.0. The van der Waals surface area contributed by atoms with Gasteiger partial charge in [0.1, 0.15) is 5.82 Å². The second-order valence-electron chi connectivity index (χ2n) is 3.74. The Morgan fingerprint density at radius 1 is 1.47 bits per heavy atom. The summed E-state index contributed by atoms with van der Waals surface area (Å²) in [6.45, 7) is 2.38. The quantitative estimate of drug-likeness (QED) is 0.780. The number of hydrogen-bond acceptors (Lipinski definition) is 4. The SMILES string of the molecule is Cc1cc(NS(=O)(=O)CCCCN)ncc1Br. The third-order valence-corrected chi connectivity index (χ3v) is 4.35. The number of pyridine rings is 1. The van der Waals surface area contributed by atoms with Crippen LogP contribution in [0.4, 0.5) is 5.82 Å². The van der Waals surface area contributed by atoms with Gasteiger partial charge in [0.05, 0.1) is 5.75 Å². The van der Waals surface area contributed by atoms with Crippen LogP contribution in [-0.2, 0) is 10.0 Å². The van der Waals surface area contributed by atoms with E-state index in [9.17, 15) is 8.42 Å². The highest BCUT2D eigenvalue weighted by molar-refractivity contribution is 9.10. The molecule has 1 heterocycles. The van der Waals surface area contributed by atoms with Gasteiger partial charge in [0.15, 0.2) is 0 Å². The largest absolute Gasteiger partial charge is 0.330 e. The topological polar surface area (TPSA) is 85.1 Å². The van der Waals surface area contributed by atoms with Crippen molar-refractivity contribution in [2.45, 2.75) is 19.8 Å². The van der Waals surface area contributed by atoms with Crippen molar-refractivity contribution in [3.8, 4) is 0 Å². The number of unbranched alkanes of at least 4 members (excludes halogenated alkanes) is 1. The molecule has 0 bridgehead atoms. The summed E-state index contributed by atoms with van der Waals surface area (Å²) in [6.07, 6.45) is 2.84. The van der Waals surface area contributed by atoms with E-state index < -0.39 is 10.0 Å². The van der Waals surface area contributed by atoms with Crippen molar-refractivity contribution in [3.05, 3.63) is 22.3 Å². The molecule has 0 aliphatic heterocycles. The fourth-order valence-corrected chi connectivity index (χ4v) is 2.58. The van der Waals surface area contributed by atoms with Gasteiger partial charge in [-0.3, -0.25) is 4.72 Å². The number of nitrogens with zero attached hydrogens (tertiary/aromatic N) is 1. The van der Waals surface area contributed by atoms with Crippen molar-refractivity contribution >= 4 is 31.8 Å². The molecule has 0 unspecified atom stereocenters. The summed E-state index contributed by atoms with van der Waals surface area (Å²) in [5.74, 6) is 0.416. The van der Waals surface area contributed by atoms with E-state index in [1.54, 1.807) is 12.3 Å². The van der Waals surface area contributed by atoms with Crippen LogP contribution in [0.5, 0.6) is 0 Å². The molecule has 0 aromatic carbocycles. The maximum Gasteiger partial charge on any atom is 0.233 e. The van der Waals surface area contributed by atoms with Crippen molar-refractivity contribution in [2.24, 2.45) is 5.73 Å². The second kappa shape index (κ2) is 6.32. The number of anilines is 1. The number of aromatic nitrogens is 1. The summed E-state index contributed by atoms with van der Waals surface area (Å²) in [5.41, 5.74) is 6.24. The summed E-state index contributed by atoms with van der Waals surface area (Å²) in [6, 6.07) is 1.69. The second-order valence-corrected chi connectivity index (χ2v) is 6.43. The smallest absolute Gasteiger partial charge is 0.233 e. The van der Waals surface area contributed by atoms with Crippen LogP contribution in [0.1, 0.15) is 18.4 Å². The Morgan fingerprint density at radius 2 is 2.18 bits per heavy atom. The molecule has 5 nitrogen and oxygen atoms in total. The molecule has 1 rings (SSSR count). The molecule has 7 heteroatoms. The third-order valence-electron chi connectivity index (χ3n) is 2.17. The lowest BCUT2D eigenvalue weighted by molar-refractivity contribution is 0.597. The van der Waals surface area contributed by atoms with Crippen LogP contribution >= 0.6 is 15.9 Å². The van der Waals surface area contributed by atoms with Crippen LogP contribution < -0.4 is 10.5 Å². The minimum Gasteiger partial charge on any atom is -0.330 e. The summed E-state index contributed by atoms with van der Waals surface area (Å²) >= 11 is 3.31. The number of nitrogens with two attached hydrogens (primary N) is 1. The fraction of sp³-hybridized carbons (Fsp3) is 0.500. The van der Waals surface area contributed by atoms with E-state index in [4.69, 9.17) is 5.73 Å². The van der Waals surface area contributed by atoms with E-state index >= 15 is 0 Å². The first-order valence-electron chi connectivity index (χ1n) is 5.27. The monoisotopic (exact) mass is 321 g/mol. The molecule has 0 saturated carbocycles. The Balaban J connectivity index is 2.66. The number of rotatable bonds is 6. The van der Waals surface area contributed by atoms with E-state index in [0.717, 1.165) is 10.0 Å². The lowest BCUT2D eigenvalue weighted by Gasteiger charge is -2.08. The van der Waals surface area contributed by atoms with Gasteiger partial charge in [0.2, 0.25) is 10.0 Å². The van der Waals surface area contributed by atoms with E-state index in [1.807, 2.05) is 6.92 Å². The predicted molar refractivity (Wildman–Crippen MR) is 72.4 cm³/mol. The summed E-state index contributed by atoms with van der Waals surface area (Å²) in [4.78, 5) is 3.99. The lowest BCUT2D eigenvalue weighted by Crippen LogP contribution is -2.18. The van der Waals surface area contributed by atoms with Gasteiger partial charge >= 0.3 is 0 Å². The minimum absolute atomic E-state index is 0.0704. The third kappa shape index (κ3) is 5.01. The summed E-state index contributed by atoms with van der Waals surface area (Å²) in [5, 5.41) is 0. The Kier molecular flexibility index (Phi) is 5.35. The molecule has 0 fully saturated rings. The first-order chi connectivity index (χ1) is 7.94. The van der Waals surface area contributed by atoms with Crippen LogP contribution in [0.15, 0.2) is 16.7 Å². The molecule has 1 aromatic heterocycles. The van der Waals surface area contributed by atoms with Crippen LogP contribution in [0.2, 0.25) is 0 Å². The molecule has 0 radical (unpaired) electrons. The zero-order valence-electron chi connectivity index (χ0n) is 9.61. The number of hydrogen-bond donors (Lipinski definition) is 2. The average Bonchev–Trinajstić information content (AvgIpc) is 2.23. The number of halogens is 1. The number of nitrogens with one attached hydrogen (secondary N) is 1. The summed E-state index contributed by atoms with van der Waals surface area (Å²) in [7, 11) is -3.32. The van der Waals surface area contributed by atoms with Crippen LogP contribution in [0.25, 0.3) is 0 Å². The van der Waals surface area contributed by atoms with E-state index in [0.29, 0.717) is 25.2 Å². The van der Waals surface area contributed by atoms with Gasteiger partial charge in [-0.15, -0.1) is 0 Å². The first-order valence-corrected chi connectivity index (χ1v) is 7.72. The standard InChI is InChI=1S/C10H16BrN3O2S/c1-8-6-10(13-7-9(8)11)14-17(15,16)5-3-2-4-12/h6-7H,2-5,12H2,1H3,(H,13,14). The predicted octanol–water partition coefficient (Wildman–Crippen LogP) is 1.63. The molecule has 96 valence electrons. The maximum atomic E-state index is 11.7. The van der Waals surface area contributed by atoms with Gasteiger partial charge in [-0.25, -0.2) is 13.4 Å². The highest BCUT2D eigenvalue weighted by atomic mass is 79.9. The molecule has 3 N–H and O–H groups in total. The van der Waals surface area contributed by atoms with E-state index in [1.165, 1.54) is 0 Å². The Labute approximate surface area is 110 Å². The molecule has 0 spiro atoms. The Bertz CT molecular complexity index is 476. The fourth-order valence-electron chi connectivity index (χ4n) is 1.24. The number of aryl methyl sites for hydroxylation is 1. The highest BCUT2D eigenvalue weighted by Crippen LogP contribution is 2.18. The van der Waals surface area contributed by atoms with E-state index in [-0.39, 0.29) is 5.75 Å². The molecule has 17 heavy (non-hydrogen) atoms. The van der Waals surface area contributed by atoms with Crippen LogP contribution in [0.3, 0.4) is 0 Å². The first kappa shape index (κ1) is 14.4.